The first-order valence-corrected chi connectivity index (χ1v) is 11.0. The highest BCUT2D eigenvalue weighted by molar-refractivity contribution is 7.85. The van der Waals surface area contributed by atoms with Gasteiger partial charge in [0.1, 0.15) is 5.78 Å². The van der Waals surface area contributed by atoms with Gasteiger partial charge in [-0.25, -0.2) is 8.42 Å². The van der Waals surface area contributed by atoms with Crippen LogP contribution in [0.15, 0.2) is 0 Å². The van der Waals surface area contributed by atoms with Gasteiger partial charge in [-0.1, -0.05) is 13.8 Å². The highest BCUT2D eigenvalue weighted by Crippen LogP contribution is 2.61. The van der Waals surface area contributed by atoms with Gasteiger partial charge in [0, 0.05) is 5.75 Å². The summed E-state index contributed by atoms with van der Waals surface area (Å²) < 4.78 is 32.2. The van der Waals surface area contributed by atoms with Crippen molar-refractivity contribution in [2.75, 3.05) is 5.75 Å². The zero-order valence-electron chi connectivity index (χ0n) is 16.6. The Morgan fingerprint density at radius 3 is 1.92 bits per heavy atom. The van der Waals surface area contributed by atoms with Gasteiger partial charge in [0.2, 0.25) is 0 Å². The SMILES string of the molecule is CC1(C)CC(=O)CC(C)(C)[NH2+]1.CC1(C)[C@H]2CC[C@H](CS(=O)(=O)[O-])[C@@H]1C2. The van der Waals surface area contributed by atoms with E-state index in [-0.39, 0.29) is 28.2 Å². The molecule has 2 N–H and O–H groups in total. The van der Waals surface area contributed by atoms with Crippen LogP contribution in [0.1, 0.15) is 73.6 Å². The number of hydrogen-bond acceptors (Lipinski definition) is 4. The van der Waals surface area contributed by atoms with Gasteiger partial charge < -0.3 is 9.87 Å². The zero-order valence-corrected chi connectivity index (χ0v) is 17.4. The van der Waals surface area contributed by atoms with Gasteiger partial charge in [0.05, 0.1) is 34.0 Å². The van der Waals surface area contributed by atoms with Gasteiger partial charge in [-0.15, -0.1) is 0 Å². The number of Topliss-reactive ketones (excluding diaryl/α,β-unsaturated/α-hetero) is 1. The summed E-state index contributed by atoms with van der Waals surface area (Å²) in [6, 6.07) is 0. The summed E-state index contributed by atoms with van der Waals surface area (Å²) in [5.41, 5.74) is 0.491. The third-order valence-corrected chi connectivity index (χ3v) is 7.34. The fourth-order valence-corrected chi connectivity index (χ4v) is 6.59. The van der Waals surface area contributed by atoms with E-state index in [1.54, 1.807) is 0 Å². The first kappa shape index (κ1) is 20.8. The Bertz CT molecular complexity index is 601. The Kier molecular flexibility index (Phi) is 5.51. The molecule has 1 aliphatic heterocycles. The molecule has 0 spiro atoms. The normalized spacial score (nSPS) is 35.2. The lowest BCUT2D eigenvalue weighted by atomic mass is 9.46. The maximum atomic E-state index is 11.3. The molecule has 4 aliphatic rings. The fourth-order valence-electron chi connectivity index (χ4n) is 5.66. The summed E-state index contributed by atoms with van der Waals surface area (Å²) in [5, 5.41) is 2.31. The molecule has 146 valence electrons. The predicted octanol–water partition coefficient (Wildman–Crippen LogP) is 2.07. The molecule has 1 heterocycles. The van der Waals surface area contributed by atoms with E-state index < -0.39 is 10.1 Å². The molecule has 0 amide bonds. The molecular formula is C19H35NO4S. The summed E-state index contributed by atoms with van der Waals surface area (Å²) in [5.74, 6) is 1.61. The standard InChI is InChI=1S/C10H18O3S.C9H17NO/c1-10(2)8-4-3-7(9(10)5-8)6-14(11,12)13;1-8(2)5-7(11)6-9(3,4)10-8/h7-9H,3-6H2,1-2H3,(H,11,12,13);10H,5-6H2,1-4H3/t7-,8+,9+;/m1./s1. The van der Waals surface area contributed by atoms with Gasteiger partial charge in [-0.05, 0) is 70.1 Å². The lowest BCUT2D eigenvalue weighted by Gasteiger charge is -2.60. The minimum Gasteiger partial charge on any atom is -0.748 e. The molecule has 1 saturated heterocycles. The van der Waals surface area contributed by atoms with Crippen molar-refractivity contribution in [1.82, 2.24) is 0 Å². The number of hydrogen-bond donors (Lipinski definition) is 1. The number of nitrogens with two attached hydrogens (primary N) is 1. The predicted molar refractivity (Wildman–Crippen MR) is 97.0 cm³/mol. The van der Waals surface area contributed by atoms with Crippen molar-refractivity contribution in [3.63, 3.8) is 0 Å². The molecule has 6 heteroatoms. The van der Waals surface area contributed by atoms with Crippen molar-refractivity contribution < 1.29 is 23.1 Å². The highest BCUT2D eigenvalue weighted by atomic mass is 32.2. The van der Waals surface area contributed by atoms with Crippen LogP contribution in [0.5, 0.6) is 0 Å². The molecule has 3 aliphatic carbocycles. The van der Waals surface area contributed by atoms with Gasteiger partial charge in [0.15, 0.2) is 0 Å². The molecule has 0 unspecified atom stereocenters. The van der Waals surface area contributed by atoms with E-state index in [0.717, 1.165) is 38.0 Å². The maximum absolute atomic E-state index is 11.3. The summed E-state index contributed by atoms with van der Waals surface area (Å²) in [4.78, 5) is 11.3. The van der Waals surface area contributed by atoms with Crippen LogP contribution in [0.2, 0.25) is 0 Å². The second kappa shape index (κ2) is 6.61. The first-order chi connectivity index (χ1) is 11.1. The molecule has 4 fully saturated rings. The van der Waals surface area contributed by atoms with Crippen molar-refractivity contribution in [3.8, 4) is 0 Å². The van der Waals surface area contributed by atoms with Gasteiger partial charge in [-0.3, -0.25) is 4.79 Å². The zero-order chi connectivity index (χ0) is 19.3. The van der Waals surface area contributed by atoms with Crippen molar-refractivity contribution in [3.05, 3.63) is 0 Å². The molecule has 3 saturated carbocycles. The number of ketones is 1. The van der Waals surface area contributed by atoms with E-state index in [1.807, 2.05) is 0 Å². The molecule has 4 rings (SSSR count). The van der Waals surface area contributed by atoms with E-state index >= 15 is 0 Å². The van der Waals surface area contributed by atoms with Crippen LogP contribution in [-0.2, 0) is 14.9 Å². The lowest BCUT2D eigenvalue weighted by Crippen LogP contribution is -3.05. The largest absolute Gasteiger partial charge is 0.748 e. The number of quaternary nitrogens is 1. The van der Waals surface area contributed by atoms with E-state index in [2.05, 4.69) is 46.9 Å². The lowest BCUT2D eigenvalue weighted by molar-refractivity contribution is -0.780. The van der Waals surface area contributed by atoms with Gasteiger partial charge >= 0.3 is 0 Å². The molecule has 0 aromatic heterocycles. The van der Waals surface area contributed by atoms with Crippen LogP contribution < -0.4 is 5.32 Å². The van der Waals surface area contributed by atoms with Crippen LogP contribution in [-0.4, -0.2) is 35.6 Å². The number of rotatable bonds is 2. The Hall–Kier alpha value is -0.460. The summed E-state index contributed by atoms with van der Waals surface area (Å²) >= 11 is 0. The minimum atomic E-state index is -4.03. The summed E-state index contributed by atoms with van der Waals surface area (Å²) in [6.07, 6.45) is 4.60. The third kappa shape index (κ3) is 5.27. The van der Waals surface area contributed by atoms with Crippen molar-refractivity contribution in [2.45, 2.75) is 84.7 Å². The van der Waals surface area contributed by atoms with Crippen LogP contribution in [0.25, 0.3) is 0 Å². The average Bonchev–Trinajstić information content (AvgIpc) is 2.32. The molecule has 3 atom stereocenters. The Morgan fingerprint density at radius 2 is 1.56 bits per heavy atom. The third-order valence-electron chi connectivity index (χ3n) is 6.51. The number of fused-ring (bicyclic) bond motifs is 2. The average molecular weight is 374 g/mol. The van der Waals surface area contributed by atoms with Crippen LogP contribution in [0.4, 0.5) is 0 Å². The molecule has 0 aromatic rings. The molecule has 2 bridgehead atoms. The second-order valence-electron chi connectivity index (χ2n) is 10.4. The van der Waals surface area contributed by atoms with Crippen molar-refractivity contribution in [1.29, 1.82) is 0 Å². The maximum Gasteiger partial charge on any atom is 0.145 e. The highest BCUT2D eigenvalue weighted by Gasteiger charge is 2.54. The van der Waals surface area contributed by atoms with E-state index in [0.29, 0.717) is 11.7 Å². The van der Waals surface area contributed by atoms with Gasteiger partial charge in [-0.2, -0.15) is 0 Å². The quantitative estimate of drug-likeness (QED) is 0.750. The first-order valence-electron chi connectivity index (χ1n) is 9.44. The fraction of sp³-hybridized carbons (Fsp3) is 0.947. The Balaban J connectivity index is 0.000000186. The number of carbonyl (C=O) groups excluding carboxylic acids is 1. The van der Waals surface area contributed by atoms with E-state index in [4.69, 9.17) is 0 Å². The Labute approximate surface area is 153 Å². The van der Waals surface area contributed by atoms with Crippen LogP contribution in [0.3, 0.4) is 0 Å². The summed E-state index contributed by atoms with van der Waals surface area (Å²) in [6.45, 7) is 12.9. The topological polar surface area (TPSA) is 90.9 Å². The monoisotopic (exact) mass is 373 g/mol. The summed E-state index contributed by atoms with van der Waals surface area (Å²) in [7, 11) is -4.03. The molecule has 25 heavy (non-hydrogen) atoms. The number of carbonyl (C=O) groups is 1. The van der Waals surface area contributed by atoms with Crippen LogP contribution >= 0.6 is 0 Å². The van der Waals surface area contributed by atoms with Crippen molar-refractivity contribution >= 4 is 15.9 Å². The van der Waals surface area contributed by atoms with E-state index in [9.17, 15) is 17.8 Å². The second-order valence-corrected chi connectivity index (χ2v) is 11.9. The van der Waals surface area contributed by atoms with Gasteiger partial charge in [0.25, 0.3) is 0 Å². The molecule has 0 radical (unpaired) electrons. The van der Waals surface area contributed by atoms with Crippen LogP contribution in [0, 0.1) is 23.2 Å². The number of piperidine rings is 1. The Morgan fingerprint density at radius 1 is 1.04 bits per heavy atom. The smallest absolute Gasteiger partial charge is 0.145 e. The molecule has 5 nitrogen and oxygen atoms in total. The van der Waals surface area contributed by atoms with Crippen molar-refractivity contribution in [2.24, 2.45) is 23.2 Å². The molecule has 0 aromatic carbocycles. The molecular weight excluding hydrogens is 338 g/mol. The van der Waals surface area contributed by atoms with E-state index in [1.165, 1.54) is 0 Å². The minimum absolute atomic E-state index is 0.110.